The normalized spacial score (nSPS) is 20.5. The molecule has 6 aromatic rings. The van der Waals surface area contributed by atoms with Gasteiger partial charge in [0.25, 0.3) is 23.6 Å². The van der Waals surface area contributed by atoms with E-state index >= 15 is 0 Å². The van der Waals surface area contributed by atoms with E-state index in [9.17, 15) is 28.8 Å². The van der Waals surface area contributed by atoms with Crippen LogP contribution >= 0.6 is 11.6 Å². The first kappa shape index (κ1) is 38.1. The van der Waals surface area contributed by atoms with Gasteiger partial charge in [0.2, 0.25) is 0 Å². The monoisotopic (exact) mass is 832 g/mol. The number of hydrogen-bond donors (Lipinski definition) is 4. The third kappa shape index (κ3) is 6.28. The first-order valence-electron chi connectivity index (χ1n) is 18.4. The number of fused-ring (bicyclic) bond motifs is 4. The quantitative estimate of drug-likeness (QED) is 0.126. The molecule has 4 aliphatic heterocycles. The van der Waals surface area contributed by atoms with Crippen molar-refractivity contribution in [2.45, 2.75) is 31.1 Å². The van der Waals surface area contributed by atoms with Gasteiger partial charge in [-0.3, -0.25) is 34.8 Å². The first-order valence-corrected chi connectivity index (χ1v) is 18.8. The summed E-state index contributed by atoms with van der Waals surface area (Å²) in [7, 11) is 3.06. The molecule has 18 nitrogen and oxygen atoms in total. The molecule has 4 N–H and O–H groups in total. The van der Waals surface area contributed by atoms with E-state index in [-0.39, 0.29) is 48.1 Å². The number of aryl methyl sites for hydroxylation is 1. The minimum atomic E-state index is -1.58. The zero-order chi connectivity index (χ0) is 42.1. The van der Waals surface area contributed by atoms with Gasteiger partial charge in [-0.1, -0.05) is 23.7 Å². The van der Waals surface area contributed by atoms with Gasteiger partial charge in [-0.05, 0) is 66.6 Å². The number of urea groups is 2. The molecule has 8 amide bonds. The fourth-order valence-electron chi connectivity index (χ4n) is 7.87. The van der Waals surface area contributed by atoms with Gasteiger partial charge in [-0.2, -0.15) is 0 Å². The predicted octanol–water partition coefficient (Wildman–Crippen LogP) is 4.02. The van der Waals surface area contributed by atoms with Crippen molar-refractivity contribution in [3.63, 3.8) is 0 Å². The Morgan fingerprint density at radius 2 is 1.13 bits per heavy atom. The van der Waals surface area contributed by atoms with Gasteiger partial charge in [0.1, 0.15) is 28.2 Å². The Labute approximate surface area is 344 Å². The standard InChI is InChI=1S/C21H18N4O5.C20H15ClN4O5/c1-11-5-13-6-17(30-16(13)8-22-11)21(19(27)23-20(28)24-21)10-25-9-12-3-4-14(29-2)7-15(12)18(25)26;1-29-12-3-2-10-8-25(17(26)13(10)6-12)9-20(18(27)23-19(28)24-20)15-4-11-5-16(21)22-7-14(11)30-15/h3-8H,9-10H2,1-2H3,(H2,23,24,27,28);2-7H,8-9H2,1H3,(H2,23,24,27,28)/t21-;20-/m00/s1. The summed E-state index contributed by atoms with van der Waals surface area (Å²) in [6, 6.07) is 15.9. The highest BCUT2D eigenvalue weighted by Crippen LogP contribution is 2.37. The number of methoxy groups -OCH3 is 2. The summed E-state index contributed by atoms with van der Waals surface area (Å²) in [6.45, 7) is 2.26. The van der Waals surface area contributed by atoms with Crippen LogP contribution < -0.4 is 30.7 Å². The lowest BCUT2D eigenvalue weighted by atomic mass is 9.95. The smallest absolute Gasteiger partial charge is 0.322 e. The van der Waals surface area contributed by atoms with Gasteiger partial charge in [-0.15, -0.1) is 0 Å². The lowest BCUT2D eigenvalue weighted by molar-refractivity contribution is -0.126. The number of nitrogens with zero attached hydrogens (tertiary/aromatic N) is 4. The molecule has 2 aromatic carbocycles. The Kier molecular flexibility index (Phi) is 8.96. The van der Waals surface area contributed by atoms with Gasteiger partial charge in [0.05, 0.1) is 39.7 Å². The molecule has 2 atom stereocenters. The number of imide groups is 2. The number of rotatable bonds is 8. The fourth-order valence-corrected chi connectivity index (χ4v) is 8.03. The van der Waals surface area contributed by atoms with Crippen molar-refractivity contribution in [3.05, 3.63) is 118 Å². The molecule has 60 heavy (non-hydrogen) atoms. The van der Waals surface area contributed by atoms with Crippen LogP contribution in [0.2, 0.25) is 5.15 Å². The molecule has 8 heterocycles. The first-order chi connectivity index (χ1) is 28.8. The average molecular weight is 833 g/mol. The SMILES string of the molecule is COc1ccc2c(c1)C(=O)N(C[C@@]1(c3cc4cc(C)ncc4o3)NC(=O)NC1=O)C2.COc1ccc2c(c1)C(=O)N(C[C@@]1(c3cc4cc(Cl)ncc4o3)NC(=O)NC1=O)C2. The van der Waals surface area contributed by atoms with Gasteiger partial charge < -0.3 is 38.7 Å². The molecule has 304 valence electrons. The van der Waals surface area contributed by atoms with E-state index in [1.807, 2.05) is 19.1 Å². The lowest BCUT2D eigenvalue weighted by Crippen LogP contribution is -2.52. The van der Waals surface area contributed by atoms with Crippen LogP contribution in [0.3, 0.4) is 0 Å². The van der Waals surface area contributed by atoms with Crippen molar-refractivity contribution in [2.24, 2.45) is 0 Å². The summed E-state index contributed by atoms with van der Waals surface area (Å²) in [6.07, 6.45) is 3.01. The maximum absolute atomic E-state index is 13.0. The summed E-state index contributed by atoms with van der Waals surface area (Å²) in [4.78, 5) is 87.0. The highest BCUT2D eigenvalue weighted by molar-refractivity contribution is 6.30. The number of halogens is 1. The number of benzene rings is 2. The summed E-state index contributed by atoms with van der Waals surface area (Å²) in [5.41, 5.74) is 1.21. The minimum absolute atomic E-state index is 0.0768. The van der Waals surface area contributed by atoms with E-state index in [0.717, 1.165) is 22.2 Å². The third-order valence-corrected chi connectivity index (χ3v) is 11.1. The molecule has 0 saturated carbocycles. The molecule has 19 heteroatoms. The molecule has 4 aromatic heterocycles. The molecule has 4 aliphatic rings. The minimum Gasteiger partial charge on any atom is -0.497 e. The number of ether oxygens (including phenoxy) is 2. The van der Waals surface area contributed by atoms with Gasteiger partial charge in [-0.25, -0.2) is 14.6 Å². The van der Waals surface area contributed by atoms with E-state index < -0.39 is 35.0 Å². The topological polar surface area (TPSA) is 228 Å². The Balaban J connectivity index is 0.000000154. The second-order valence-corrected chi connectivity index (χ2v) is 15.0. The highest BCUT2D eigenvalue weighted by atomic mass is 35.5. The van der Waals surface area contributed by atoms with Crippen molar-refractivity contribution in [2.75, 3.05) is 27.3 Å². The highest BCUT2D eigenvalue weighted by Gasteiger charge is 2.54. The van der Waals surface area contributed by atoms with Gasteiger partial charge in [0.15, 0.2) is 22.2 Å². The zero-order valence-corrected chi connectivity index (χ0v) is 32.8. The van der Waals surface area contributed by atoms with Crippen LogP contribution in [0.15, 0.2) is 81.9 Å². The summed E-state index contributed by atoms with van der Waals surface area (Å²) < 4.78 is 22.1. The summed E-state index contributed by atoms with van der Waals surface area (Å²) in [5, 5.41) is 11.5. The second-order valence-electron chi connectivity index (χ2n) is 14.6. The third-order valence-electron chi connectivity index (χ3n) is 10.9. The van der Waals surface area contributed by atoms with Crippen LogP contribution in [0.4, 0.5) is 9.59 Å². The Morgan fingerprint density at radius 3 is 1.58 bits per heavy atom. The van der Waals surface area contributed by atoms with Crippen LogP contribution in [0.25, 0.3) is 21.9 Å². The summed E-state index contributed by atoms with van der Waals surface area (Å²) in [5.74, 6) is -0.118. The van der Waals surface area contributed by atoms with Gasteiger partial charge >= 0.3 is 12.1 Å². The van der Waals surface area contributed by atoms with Crippen molar-refractivity contribution >= 4 is 69.2 Å². The number of carbonyl (C=O) groups excluding carboxylic acids is 6. The Hall–Kier alpha value is -7.47. The molecule has 0 radical (unpaired) electrons. The average Bonchev–Trinajstić information content (AvgIpc) is 4.07. The second kappa shape index (κ2) is 14.1. The molecule has 0 aliphatic carbocycles. The summed E-state index contributed by atoms with van der Waals surface area (Å²) >= 11 is 5.94. The van der Waals surface area contributed by atoms with E-state index in [1.165, 1.54) is 30.2 Å². The maximum atomic E-state index is 13.0. The van der Waals surface area contributed by atoms with Crippen molar-refractivity contribution in [1.29, 1.82) is 0 Å². The molecule has 2 fully saturated rings. The predicted molar refractivity (Wildman–Crippen MR) is 210 cm³/mol. The van der Waals surface area contributed by atoms with Gasteiger partial charge in [0, 0.05) is 40.7 Å². The molecular formula is C41H33ClN8O10. The number of furan rings is 2. The molecule has 0 unspecified atom stereocenters. The largest absolute Gasteiger partial charge is 0.497 e. The number of hydrogen-bond acceptors (Lipinski definition) is 12. The molecule has 0 spiro atoms. The number of carbonyl (C=O) groups is 6. The van der Waals surface area contributed by atoms with E-state index in [1.54, 1.807) is 54.7 Å². The van der Waals surface area contributed by atoms with Crippen molar-refractivity contribution < 1.29 is 47.1 Å². The maximum Gasteiger partial charge on any atom is 0.322 e. The molecular weight excluding hydrogens is 800 g/mol. The number of aromatic nitrogens is 2. The van der Waals surface area contributed by atoms with Crippen LogP contribution in [-0.4, -0.2) is 82.8 Å². The fraction of sp³-hybridized carbons (Fsp3) is 0.220. The number of pyridine rings is 2. The van der Waals surface area contributed by atoms with Crippen LogP contribution in [-0.2, 0) is 33.8 Å². The van der Waals surface area contributed by atoms with Crippen molar-refractivity contribution in [3.8, 4) is 11.5 Å². The zero-order valence-electron chi connectivity index (χ0n) is 32.0. The number of amides is 8. The Morgan fingerprint density at radius 1 is 0.667 bits per heavy atom. The van der Waals surface area contributed by atoms with Crippen LogP contribution in [0.1, 0.15) is 49.1 Å². The molecule has 2 saturated heterocycles. The molecule has 0 bridgehead atoms. The van der Waals surface area contributed by atoms with E-state index in [4.69, 9.17) is 29.9 Å². The lowest BCUT2D eigenvalue weighted by Gasteiger charge is -2.29. The van der Waals surface area contributed by atoms with Crippen LogP contribution in [0.5, 0.6) is 11.5 Å². The van der Waals surface area contributed by atoms with E-state index in [0.29, 0.717) is 45.7 Å². The molecule has 10 rings (SSSR count). The Bertz CT molecular complexity index is 2670. The van der Waals surface area contributed by atoms with Crippen LogP contribution in [0, 0.1) is 6.92 Å². The number of nitrogens with one attached hydrogen (secondary N) is 4. The van der Waals surface area contributed by atoms with E-state index in [2.05, 4.69) is 31.2 Å². The van der Waals surface area contributed by atoms with Crippen molar-refractivity contribution in [1.82, 2.24) is 41.0 Å².